The topological polar surface area (TPSA) is 87.7 Å². The van der Waals surface area contributed by atoms with Crippen molar-refractivity contribution in [3.8, 4) is 17.2 Å². The van der Waals surface area contributed by atoms with Gasteiger partial charge in [0.05, 0.1) is 11.6 Å². The number of carboxylic acids is 1. The molecule has 0 saturated heterocycles. The molecule has 176 valence electrons. The Morgan fingerprint density at radius 2 is 1.77 bits per heavy atom. The Bertz CT molecular complexity index is 1240. The zero-order chi connectivity index (χ0) is 24.2. The number of rotatable bonds is 7. The van der Waals surface area contributed by atoms with Gasteiger partial charge in [-0.2, -0.15) is 0 Å². The molecule has 0 aliphatic carbocycles. The molecule has 6 nitrogen and oxygen atoms in total. The number of hydrogen-bond donors (Lipinski definition) is 1. The molecular formula is C25H19Cl3NNaO5. The van der Waals surface area contributed by atoms with Gasteiger partial charge in [-0.15, -0.1) is 0 Å². The maximum absolute atomic E-state index is 12.4. The van der Waals surface area contributed by atoms with Crippen molar-refractivity contribution in [2.24, 2.45) is 0 Å². The van der Waals surface area contributed by atoms with Gasteiger partial charge in [0.2, 0.25) is 0 Å². The summed E-state index contributed by atoms with van der Waals surface area (Å²) in [6.45, 7) is 0.677. The molecule has 35 heavy (non-hydrogen) atoms. The van der Waals surface area contributed by atoms with Gasteiger partial charge < -0.3 is 24.7 Å². The third-order valence-corrected chi connectivity index (χ3v) is 6.31. The van der Waals surface area contributed by atoms with E-state index >= 15 is 0 Å². The molecule has 4 rings (SSSR count). The summed E-state index contributed by atoms with van der Waals surface area (Å²) in [5.41, 5.74) is 1.83. The first kappa shape index (κ1) is 27.7. The molecule has 0 fully saturated rings. The van der Waals surface area contributed by atoms with E-state index in [1.165, 1.54) is 6.07 Å². The summed E-state index contributed by atoms with van der Waals surface area (Å²) in [7, 11) is 0. The number of carbonyl (C=O) groups excluding carboxylic acids is 2. The van der Waals surface area contributed by atoms with E-state index in [9.17, 15) is 14.7 Å². The smallest absolute Gasteiger partial charge is 0.549 e. The number of carboxylic acid groups (broad SMARTS) is 1. The molecule has 0 bridgehead atoms. The van der Waals surface area contributed by atoms with Crippen molar-refractivity contribution in [1.29, 1.82) is 0 Å². The van der Waals surface area contributed by atoms with Crippen LogP contribution in [0.5, 0.6) is 17.2 Å². The van der Waals surface area contributed by atoms with Gasteiger partial charge in [0.15, 0.2) is 0 Å². The molecule has 0 saturated carbocycles. The van der Waals surface area contributed by atoms with Gasteiger partial charge >= 0.3 is 29.6 Å². The van der Waals surface area contributed by atoms with Crippen LogP contribution in [0.3, 0.4) is 0 Å². The second kappa shape index (κ2) is 12.3. The molecule has 1 aliphatic rings. The Hall–Kier alpha value is -1.93. The minimum absolute atomic E-state index is 0. The van der Waals surface area contributed by atoms with Gasteiger partial charge in [0.1, 0.15) is 17.2 Å². The first-order chi connectivity index (χ1) is 16.3. The van der Waals surface area contributed by atoms with Crippen molar-refractivity contribution in [3.05, 3.63) is 86.4 Å². The maximum atomic E-state index is 12.4. The summed E-state index contributed by atoms with van der Waals surface area (Å²) in [6.07, 6.45) is 0.892. The van der Waals surface area contributed by atoms with E-state index in [2.05, 4.69) is 5.32 Å². The van der Waals surface area contributed by atoms with E-state index in [4.69, 9.17) is 44.3 Å². The molecule has 3 aromatic carbocycles. The average molecular weight is 543 g/mol. The number of halogens is 3. The Morgan fingerprint density at radius 1 is 1.03 bits per heavy atom. The van der Waals surface area contributed by atoms with Crippen LogP contribution in [0.25, 0.3) is 0 Å². The molecule has 1 aliphatic heterocycles. The van der Waals surface area contributed by atoms with Crippen LogP contribution in [0, 0.1) is 0 Å². The fraction of sp³-hybridized carbons (Fsp3) is 0.200. The van der Waals surface area contributed by atoms with Crippen molar-refractivity contribution in [2.45, 2.75) is 18.8 Å². The van der Waals surface area contributed by atoms with Crippen molar-refractivity contribution >= 4 is 46.7 Å². The van der Waals surface area contributed by atoms with Crippen molar-refractivity contribution in [3.63, 3.8) is 0 Å². The molecular weight excluding hydrogens is 524 g/mol. The molecule has 0 radical (unpaired) electrons. The monoisotopic (exact) mass is 541 g/mol. The number of aliphatic carboxylic acids is 1. The van der Waals surface area contributed by atoms with E-state index < -0.39 is 11.9 Å². The van der Waals surface area contributed by atoms with Gasteiger partial charge in [-0.05, 0) is 60.9 Å². The van der Waals surface area contributed by atoms with Crippen LogP contribution in [0.15, 0.2) is 54.6 Å². The van der Waals surface area contributed by atoms with Crippen LogP contribution in [0.4, 0.5) is 0 Å². The first-order valence-corrected chi connectivity index (χ1v) is 11.6. The van der Waals surface area contributed by atoms with Crippen LogP contribution < -0.4 is 49.5 Å². The summed E-state index contributed by atoms with van der Waals surface area (Å²) < 4.78 is 11.4. The molecule has 0 spiro atoms. The van der Waals surface area contributed by atoms with Crippen LogP contribution in [-0.2, 0) is 11.2 Å². The summed E-state index contributed by atoms with van der Waals surface area (Å²) >= 11 is 18.4. The van der Waals surface area contributed by atoms with Crippen LogP contribution in [0.2, 0.25) is 15.1 Å². The summed E-state index contributed by atoms with van der Waals surface area (Å²) in [5, 5.41) is 15.6. The van der Waals surface area contributed by atoms with E-state index in [1.54, 1.807) is 42.5 Å². The van der Waals surface area contributed by atoms with Gasteiger partial charge in [0, 0.05) is 45.7 Å². The normalized spacial score (nSPS) is 14.2. The Kier molecular flexibility index (Phi) is 9.76. The molecule has 1 unspecified atom stereocenters. The molecule has 1 N–H and O–H groups in total. The van der Waals surface area contributed by atoms with Crippen LogP contribution in [0.1, 0.15) is 33.8 Å². The average Bonchev–Trinajstić information content (AvgIpc) is 2.81. The second-order valence-electron chi connectivity index (χ2n) is 7.70. The zero-order valence-electron chi connectivity index (χ0n) is 18.8. The minimum atomic E-state index is -1.17. The van der Waals surface area contributed by atoms with Gasteiger partial charge in [-0.3, -0.25) is 4.79 Å². The van der Waals surface area contributed by atoms with Gasteiger partial charge in [0.25, 0.3) is 5.91 Å². The molecule has 1 heterocycles. The summed E-state index contributed by atoms with van der Waals surface area (Å²) in [4.78, 5) is 23.8. The van der Waals surface area contributed by atoms with Crippen LogP contribution >= 0.6 is 34.8 Å². The number of benzene rings is 3. The number of fused-ring (bicyclic) bond motifs is 1. The molecule has 10 heteroatoms. The van der Waals surface area contributed by atoms with Crippen molar-refractivity contribution in [2.75, 3.05) is 13.2 Å². The summed E-state index contributed by atoms with van der Waals surface area (Å²) in [6, 6.07) is 14.9. The number of hydrogen-bond acceptors (Lipinski definition) is 5. The van der Waals surface area contributed by atoms with Gasteiger partial charge in [-0.1, -0.05) is 40.9 Å². The third kappa shape index (κ3) is 6.85. The molecule has 1 atom stereocenters. The fourth-order valence-corrected chi connectivity index (χ4v) is 4.36. The summed E-state index contributed by atoms with van der Waals surface area (Å²) in [5.74, 6) is -1.000. The maximum Gasteiger partial charge on any atom is 1.00 e. The number of nitrogens with one attached hydrogen (secondary N) is 1. The Labute approximate surface area is 239 Å². The quantitative estimate of drug-likeness (QED) is 0.462. The molecule has 1 amide bonds. The standard InChI is InChI=1S/C25H20Cl3NO5.Na/c26-16-4-1-14(20(27)11-16)7-9-29-24(30)15-2-5-17(6-3-15)34-23-13-22-19(12-21(23)28)18(25(31)32)8-10-33-22;/h1-6,11-13,18H,7-10H2,(H,29,30)(H,31,32);/q;+1/p-1. The van der Waals surface area contributed by atoms with Crippen molar-refractivity contribution in [1.82, 2.24) is 5.32 Å². The number of ether oxygens (including phenoxy) is 2. The third-order valence-electron chi connectivity index (χ3n) is 5.43. The largest absolute Gasteiger partial charge is 1.00 e. The van der Waals surface area contributed by atoms with E-state index in [0.717, 1.165) is 5.56 Å². The van der Waals surface area contributed by atoms with Crippen LogP contribution in [-0.4, -0.2) is 25.0 Å². The molecule has 3 aromatic rings. The zero-order valence-corrected chi connectivity index (χ0v) is 23.0. The van der Waals surface area contributed by atoms with E-state index in [1.807, 2.05) is 6.07 Å². The van der Waals surface area contributed by atoms with E-state index in [-0.39, 0.29) is 47.1 Å². The predicted octanol–water partition coefficient (Wildman–Crippen LogP) is 2.03. The number of carbonyl (C=O) groups is 2. The van der Waals surface area contributed by atoms with Crippen molar-refractivity contribution < 1.29 is 53.7 Å². The Morgan fingerprint density at radius 3 is 2.46 bits per heavy atom. The SMILES string of the molecule is O=C(NCCc1ccc(Cl)cc1Cl)c1ccc(Oc2cc3c(cc2Cl)C(C(=O)[O-])CCO3)cc1.[Na+]. The van der Waals surface area contributed by atoms with E-state index in [0.29, 0.717) is 57.8 Å². The molecule has 0 aromatic heterocycles. The second-order valence-corrected chi connectivity index (χ2v) is 8.95. The first-order valence-electron chi connectivity index (χ1n) is 10.5. The minimum Gasteiger partial charge on any atom is -0.549 e. The fourth-order valence-electron chi connectivity index (χ4n) is 3.65. The van der Waals surface area contributed by atoms with Gasteiger partial charge in [-0.25, -0.2) is 0 Å². The number of amides is 1. The predicted molar refractivity (Wildman–Crippen MR) is 128 cm³/mol. The Balaban J connectivity index is 0.00000342.